The van der Waals surface area contributed by atoms with Gasteiger partial charge in [-0.1, -0.05) is 12.1 Å². The van der Waals surface area contributed by atoms with Gasteiger partial charge in [0.15, 0.2) is 11.5 Å². The van der Waals surface area contributed by atoms with Crippen molar-refractivity contribution in [2.75, 3.05) is 20.8 Å². The number of aromatic nitrogens is 1. The molecule has 0 atom stereocenters. The molecule has 0 saturated carbocycles. The number of ether oxygens (including phenoxy) is 3. The van der Waals surface area contributed by atoms with Crippen LogP contribution in [0.4, 0.5) is 0 Å². The minimum Gasteiger partial charge on any atom is -0.493 e. The number of para-hydroxylation sites is 2. The van der Waals surface area contributed by atoms with Crippen LogP contribution in [-0.2, 0) is 22.7 Å². The second kappa shape index (κ2) is 9.39. The molecule has 0 bridgehead atoms. The smallest absolute Gasteiger partial charge is 0.249 e. The van der Waals surface area contributed by atoms with Gasteiger partial charge in [0.05, 0.1) is 19.3 Å². The van der Waals surface area contributed by atoms with E-state index in [4.69, 9.17) is 14.2 Å². The van der Waals surface area contributed by atoms with Gasteiger partial charge in [-0.05, 0) is 26.0 Å². The van der Waals surface area contributed by atoms with E-state index >= 15 is 0 Å². The highest BCUT2D eigenvalue weighted by Crippen LogP contribution is 2.27. The summed E-state index contributed by atoms with van der Waals surface area (Å²) in [5, 5.41) is 2.81. The van der Waals surface area contributed by atoms with E-state index in [1.54, 1.807) is 12.0 Å². The Morgan fingerprint density at radius 2 is 1.96 bits per heavy atom. The van der Waals surface area contributed by atoms with Gasteiger partial charge in [0.1, 0.15) is 18.2 Å². The summed E-state index contributed by atoms with van der Waals surface area (Å²) in [5.41, 5.74) is 0.849. The SMILES string of the molecule is COCC(=O)N(Cc1csc(COc2ccccc2OC)n1)C(C)C. The standard InChI is InChI=1S/C18H24N2O4S/c1-13(2)20(18(21)11-22-3)9-14-12-25-17(19-14)10-24-16-8-6-5-7-15(16)23-4/h5-8,12-13H,9-11H2,1-4H3. The Balaban J connectivity index is 1.98. The lowest BCUT2D eigenvalue weighted by Crippen LogP contribution is -2.38. The predicted molar refractivity (Wildman–Crippen MR) is 97.0 cm³/mol. The highest BCUT2D eigenvalue weighted by Gasteiger charge is 2.18. The summed E-state index contributed by atoms with van der Waals surface area (Å²) in [4.78, 5) is 18.4. The van der Waals surface area contributed by atoms with E-state index in [1.165, 1.54) is 18.4 Å². The highest BCUT2D eigenvalue weighted by atomic mass is 32.1. The lowest BCUT2D eigenvalue weighted by molar-refractivity contribution is -0.137. The van der Waals surface area contributed by atoms with Crippen molar-refractivity contribution in [3.05, 3.63) is 40.3 Å². The Morgan fingerprint density at radius 1 is 1.24 bits per heavy atom. The van der Waals surface area contributed by atoms with E-state index in [1.807, 2.05) is 43.5 Å². The van der Waals surface area contributed by atoms with Crippen LogP contribution in [0.5, 0.6) is 11.5 Å². The van der Waals surface area contributed by atoms with Crippen molar-refractivity contribution in [3.63, 3.8) is 0 Å². The molecule has 1 amide bonds. The Hall–Kier alpha value is -2.12. The molecule has 0 radical (unpaired) electrons. The first-order chi connectivity index (χ1) is 12.0. The Labute approximate surface area is 152 Å². The van der Waals surface area contributed by atoms with Crippen LogP contribution in [0.25, 0.3) is 0 Å². The van der Waals surface area contributed by atoms with Gasteiger partial charge in [-0.3, -0.25) is 4.79 Å². The van der Waals surface area contributed by atoms with Crippen molar-refractivity contribution in [3.8, 4) is 11.5 Å². The van der Waals surface area contributed by atoms with Crippen molar-refractivity contribution >= 4 is 17.2 Å². The largest absolute Gasteiger partial charge is 0.493 e. The first-order valence-electron chi connectivity index (χ1n) is 8.02. The van der Waals surface area contributed by atoms with Gasteiger partial charge < -0.3 is 19.1 Å². The number of methoxy groups -OCH3 is 2. The molecular formula is C18H24N2O4S. The molecule has 7 heteroatoms. The minimum atomic E-state index is -0.0441. The lowest BCUT2D eigenvalue weighted by Gasteiger charge is -2.25. The second-order valence-electron chi connectivity index (χ2n) is 5.72. The number of carbonyl (C=O) groups is 1. The van der Waals surface area contributed by atoms with Gasteiger partial charge in [0.25, 0.3) is 0 Å². The average Bonchev–Trinajstić information content (AvgIpc) is 3.05. The molecule has 0 unspecified atom stereocenters. The summed E-state index contributed by atoms with van der Waals surface area (Å²) in [6, 6.07) is 7.58. The van der Waals surface area contributed by atoms with Crippen LogP contribution in [0, 0.1) is 0 Å². The fraction of sp³-hybridized carbons (Fsp3) is 0.444. The topological polar surface area (TPSA) is 60.9 Å². The number of rotatable bonds is 9. The summed E-state index contributed by atoms with van der Waals surface area (Å²) >= 11 is 1.51. The molecule has 2 rings (SSSR count). The molecule has 1 aromatic carbocycles. The van der Waals surface area contributed by atoms with E-state index in [0.29, 0.717) is 24.7 Å². The van der Waals surface area contributed by atoms with Gasteiger partial charge in [-0.15, -0.1) is 11.3 Å². The van der Waals surface area contributed by atoms with Gasteiger partial charge in [-0.2, -0.15) is 0 Å². The van der Waals surface area contributed by atoms with Gasteiger partial charge >= 0.3 is 0 Å². The van der Waals surface area contributed by atoms with Crippen LogP contribution >= 0.6 is 11.3 Å². The summed E-state index contributed by atoms with van der Waals surface area (Å²) in [6.45, 7) is 4.85. The average molecular weight is 364 g/mol. The maximum Gasteiger partial charge on any atom is 0.249 e. The molecule has 136 valence electrons. The number of amides is 1. The van der Waals surface area contributed by atoms with Crippen LogP contribution in [-0.4, -0.2) is 42.7 Å². The normalized spacial score (nSPS) is 10.8. The third-order valence-electron chi connectivity index (χ3n) is 3.56. The lowest BCUT2D eigenvalue weighted by atomic mass is 10.3. The van der Waals surface area contributed by atoms with Crippen LogP contribution < -0.4 is 9.47 Å². The van der Waals surface area contributed by atoms with Crippen molar-refractivity contribution in [2.24, 2.45) is 0 Å². The first kappa shape index (κ1) is 19.2. The van der Waals surface area contributed by atoms with E-state index in [9.17, 15) is 4.79 Å². The third kappa shape index (κ3) is 5.44. The summed E-state index contributed by atoms with van der Waals surface area (Å²) < 4.78 is 16.0. The maximum atomic E-state index is 12.1. The molecule has 0 spiro atoms. The quantitative estimate of drug-likeness (QED) is 0.684. The van der Waals surface area contributed by atoms with Gasteiger partial charge in [0, 0.05) is 18.5 Å². The van der Waals surface area contributed by atoms with Crippen molar-refractivity contribution in [1.82, 2.24) is 9.88 Å². The molecule has 1 heterocycles. The maximum absolute atomic E-state index is 12.1. The van der Waals surface area contributed by atoms with Gasteiger partial charge in [-0.25, -0.2) is 4.98 Å². The van der Waals surface area contributed by atoms with E-state index in [0.717, 1.165) is 10.7 Å². The number of carbonyl (C=O) groups excluding carboxylic acids is 1. The van der Waals surface area contributed by atoms with Crippen molar-refractivity contribution in [1.29, 1.82) is 0 Å². The van der Waals surface area contributed by atoms with Gasteiger partial charge in [0.2, 0.25) is 5.91 Å². The van der Waals surface area contributed by atoms with Crippen LogP contribution in [0.3, 0.4) is 0 Å². The molecule has 0 saturated heterocycles. The molecule has 0 aliphatic rings. The molecule has 0 aliphatic carbocycles. The third-order valence-corrected chi connectivity index (χ3v) is 4.43. The fourth-order valence-corrected chi connectivity index (χ4v) is 3.00. The van der Waals surface area contributed by atoms with Crippen molar-refractivity contribution in [2.45, 2.75) is 33.0 Å². The van der Waals surface area contributed by atoms with Crippen LogP contribution in [0.15, 0.2) is 29.6 Å². The highest BCUT2D eigenvalue weighted by molar-refractivity contribution is 7.09. The molecule has 6 nitrogen and oxygen atoms in total. The monoisotopic (exact) mass is 364 g/mol. The first-order valence-corrected chi connectivity index (χ1v) is 8.90. The zero-order valence-electron chi connectivity index (χ0n) is 15.0. The summed E-state index contributed by atoms with van der Waals surface area (Å²) in [5.74, 6) is 1.33. The minimum absolute atomic E-state index is 0.0441. The predicted octanol–water partition coefficient (Wildman–Crippen LogP) is 3.11. The molecule has 25 heavy (non-hydrogen) atoms. The van der Waals surface area contributed by atoms with E-state index in [-0.39, 0.29) is 18.6 Å². The number of hydrogen-bond acceptors (Lipinski definition) is 6. The second-order valence-corrected chi connectivity index (χ2v) is 6.66. The van der Waals surface area contributed by atoms with Crippen molar-refractivity contribution < 1.29 is 19.0 Å². The van der Waals surface area contributed by atoms with Crippen LogP contribution in [0.2, 0.25) is 0 Å². The zero-order valence-corrected chi connectivity index (χ0v) is 15.8. The Bertz CT molecular complexity index is 687. The van der Waals surface area contributed by atoms with E-state index < -0.39 is 0 Å². The Morgan fingerprint density at radius 3 is 2.60 bits per heavy atom. The fourth-order valence-electron chi connectivity index (χ4n) is 2.31. The zero-order chi connectivity index (χ0) is 18.2. The molecule has 1 aromatic heterocycles. The Kier molecular flexibility index (Phi) is 7.21. The number of benzene rings is 1. The summed E-state index contributed by atoms with van der Waals surface area (Å²) in [7, 11) is 3.13. The number of thiazole rings is 1. The van der Waals surface area contributed by atoms with E-state index in [2.05, 4.69) is 4.98 Å². The molecular weight excluding hydrogens is 340 g/mol. The molecule has 0 aliphatic heterocycles. The molecule has 2 aromatic rings. The number of hydrogen-bond donors (Lipinski definition) is 0. The molecule has 0 N–H and O–H groups in total. The molecule has 0 fully saturated rings. The van der Waals surface area contributed by atoms with Crippen LogP contribution in [0.1, 0.15) is 24.5 Å². The summed E-state index contributed by atoms with van der Waals surface area (Å²) in [6.07, 6.45) is 0. The number of nitrogens with zero attached hydrogens (tertiary/aromatic N) is 2.